The summed E-state index contributed by atoms with van der Waals surface area (Å²) in [4.78, 5) is 25.5. The minimum atomic E-state index is -3.82. The van der Waals surface area contributed by atoms with Crippen molar-refractivity contribution in [1.29, 1.82) is 0 Å². The molecule has 1 aliphatic rings. The van der Waals surface area contributed by atoms with Gasteiger partial charge < -0.3 is 10.2 Å². The van der Waals surface area contributed by atoms with Crippen molar-refractivity contribution in [1.82, 2.24) is 4.72 Å². The number of nitrogens with zero attached hydrogens (tertiary/aromatic N) is 1. The third-order valence-corrected chi connectivity index (χ3v) is 6.51. The summed E-state index contributed by atoms with van der Waals surface area (Å²) in [6.07, 6.45) is 0.454. The van der Waals surface area contributed by atoms with E-state index < -0.39 is 21.7 Å². The third-order valence-electron chi connectivity index (χ3n) is 4.76. The molecule has 0 aromatic heterocycles. The van der Waals surface area contributed by atoms with E-state index in [1.807, 2.05) is 6.92 Å². The molecular weight excluding hydrogens is 433 g/mol. The van der Waals surface area contributed by atoms with Gasteiger partial charge in [0.1, 0.15) is 5.82 Å². The van der Waals surface area contributed by atoms with Crippen LogP contribution in [0.4, 0.5) is 15.8 Å². The predicted molar refractivity (Wildman–Crippen MR) is 113 cm³/mol. The fourth-order valence-electron chi connectivity index (χ4n) is 3.43. The van der Waals surface area contributed by atoms with Gasteiger partial charge in [-0.2, -0.15) is 0 Å². The lowest BCUT2D eigenvalue weighted by atomic mass is 10.1. The summed E-state index contributed by atoms with van der Waals surface area (Å²) in [5, 5.41) is 2.41. The molecule has 7 nitrogen and oxygen atoms in total. The van der Waals surface area contributed by atoms with Crippen LogP contribution in [0.1, 0.15) is 25.8 Å². The normalized spacial score (nSPS) is 15.7. The number of hydrogen-bond acceptors (Lipinski definition) is 4. The minimum absolute atomic E-state index is 0.0351. The van der Waals surface area contributed by atoms with E-state index in [-0.39, 0.29) is 34.8 Å². The monoisotopic (exact) mass is 453 g/mol. The van der Waals surface area contributed by atoms with E-state index in [9.17, 15) is 22.4 Å². The number of anilines is 2. The molecule has 0 bridgehead atoms. The second-order valence-corrected chi connectivity index (χ2v) is 9.23. The van der Waals surface area contributed by atoms with Crippen molar-refractivity contribution in [3.63, 3.8) is 0 Å². The molecule has 10 heteroatoms. The molecule has 2 aromatic rings. The van der Waals surface area contributed by atoms with E-state index in [1.54, 1.807) is 17.0 Å². The summed E-state index contributed by atoms with van der Waals surface area (Å²) < 4.78 is 40.7. The molecule has 2 N–H and O–H groups in total. The van der Waals surface area contributed by atoms with E-state index in [2.05, 4.69) is 10.0 Å². The van der Waals surface area contributed by atoms with Crippen LogP contribution in [0.5, 0.6) is 0 Å². The molecular formula is C20H21ClFN3O4S. The van der Waals surface area contributed by atoms with E-state index in [0.717, 1.165) is 11.6 Å². The first-order valence-corrected chi connectivity index (χ1v) is 11.1. The Morgan fingerprint density at radius 3 is 2.63 bits per heavy atom. The summed E-state index contributed by atoms with van der Waals surface area (Å²) in [5.74, 6) is -1.14. The van der Waals surface area contributed by atoms with Gasteiger partial charge in [-0.25, -0.2) is 17.5 Å². The lowest BCUT2D eigenvalue weighted by Gasteiger charge is -2.20. The predicted octanol–water partition coefficient (Wildman–Crippen LogP) is 3.08. The Hall–Kier alpha value is -2.49. The molecule has 2 amide bonds. The molecule has 1 aliphatic heterocycles. The average Bonchev–Trinajstić information content (AvgIpc) is 2.99. The Morgan fingerprint density at radius 1 is 1.23 bits per heavy atom. The Morgan fingerprint density at radius 2 is 1.97 bits per heavy atom. The van der Waals surface area contributed by atoms with Crippen molar-refractivity contribution in [2.24, 2.45) is 0 Å². The van der Waals surface area contributed by atoms with Crippen LogP contribution in [0, 0.1) is 5.82 Å². The first kappa shape index (κ1) is 22.2. The molecule has 1 heterocycles. The Bertz CT molecular complexity index is 1110. The molecule has 0 unspecified atom stereocenters. The van der Waals surface area contributed by atoms with Crippen LogP contribution in [-0.2, 0) is 26.0 Å². The molecule has 0 saturated carbocycles. The number of sulfonamides is 1. The topological polar surface area (TPSA) is 95.6 Å². The third kappa shape index (κ3) is 4.80. The lowest BCUT2D eigenvalue weighted by Crippen LogP contribution is -2.33. The highest BCUT2D eigenvalue weighted by Crippen LogP contribution is 2.33. The smallest absolute Gasteiger partial charge is 0.240 e. The number of hydrogen-bond donors (Lipinski definition) is 2. The maximum atomic E-state index is 13.2. The van der Waals surface area contributed by atoms with Crippen molar-refractivity contribution < 1.29 is 22.4 Å². The highest BCUT2D eigenvalue weighted by molar-refractivity contribution is 7.89. The summed E-state index contributed by atoms with van der Waals surface area (Å²) in [6, 6.07) is 8.34. The Balaban J connectivity index is 1.60. The van der Waals surface area contributed by atoms with Gasteiger partial charge in [-0.1, -0.05) is 11.6 Å². The van der Waals surface area contributed by atoms with Crippen LogP contribution in [0.2, 0.25) is 5.02 Å². The van der Waals surface area contributed by atoms with Crippen LogP contribution in [-0.4, -0.2) is 32.8 Å². The highest BCUT2D eigenvalue weighted by Gasteiger charge is 2.30. The summed E-state index contributed by atoms with van der Waals surface area (Å²) in [7, 11) is -3.82. The number of halogens is 2. The molecule has 2 aromatic carbocycles. The van der Waals surface area contributed by atoms with Gasteiger partial charge in [0.15, 0.2) is 0 Å². The van der Waals surface area contributed by atoms with E-state index in [4.69, 9.17) is 11.6 Å². The lowest BCUT2D eigenvalue weighted by molar-refractivity contribution is -0.117. The number of nitrogens with one attached hydrogen (secondary N) is 2. The number of rotatable bonds is 6. The largest absolute Gasteiger partial charge is 0.326 e. The number of benzene rings is 2. The van der Waals surface area contributed by atoms with Crippen LogP contribution < -0.4 is 14.9 Å². The van der Waals surface area contributed by atoms with Gasteiger partial charge in [-0.05, 0) is 55.3 Å². The van der Waals surface area contributed by atoms with Gasteiger partial charge >= 0.3 is 0 Å². The second-order valence-electron chi connectivity index (χ2n) is 7.06. The van der Waals surface area contributed by atoms with E-state index in [0.29, 0.717) is 17.8 Å². The maximum absolute atomic E-state index is 13.2. The van der Waals surface area contributed by atoms with Crippen molar-refractivity contribution in [3.8, 4) is 0 Å². The van der Waals surface area contributed by atoms with Gasteiger partial charge in [0.2, 0.25) is 21.8 Å². The average molecular weight is 454 g/mol. The molecule has 0 saturated heterocycles. The summed E-state index contributed by atoms with van der Waals surface area (Å²) >= 11 is 5.67. The SMILES string of the molecule is CC(=O)N1c2ccc(S(=O)(=O)NCCC(=O)Nc3ccc(F)c(Cl)c3)cc2C[C@H]1C. The van der Waals surface area contributed by atoms with Crippen LogP contribution in [0.15, 0.2) is 41.3 Å². The van der Waals surface area contributed by atoms with Crippen molar-refractivity contribution >= 4 is 44.8 Å². The van der Waals surface area contributed by atoms with Crippen molar-refractivity contribution in [2.75, 3.05) is 16.8 Å². The van der Waals surface area contributed by atoms with Gasteiger partial charge in [0, 0.05) is 37.3 Å². The quantitative estimate of drug-likeness (QED) is 0.702. The number of carbonyl (C=O) groups excluding carboxylic acids is 2. The first-order valence-electron chi connectivity index (χ1n) is 9.26. The summed E-state index contributed by atoms with van der Waals surface area (Å²) in [5.41, 5.74) is 1.81. The zero-order valence-corrected chi connectivity index (χ0v) is 18.0. The van der Waals surface area contributed by atoms with Crippen molar-refractivity contribution in [3.05, 3.63) is 52.8 Å². The Labute approximate surface area is 179 Å². The zero-order chi connectivity index (χ0) is 22.1. The highest BCUT2D eigenvalue weighted by atomic mass is 35.5. The standard InChI is InChI=1S/C20H21ClFN3O4S/c1-12-9-14-10-16(4-6-19(14)25(12)13(2)26)30(28,29)23-8-7-20(27)24-15-3-5-18(22)17(21)11-15/h3-6,10-12,23H,7-9H2,1-2H3,(H,24,27)/t12-/m1/s1. The second kappa shape index (κ2) is 8.71. The van der Waals surface area contributed by atoms with E-state index in [1.165, 1.54) is 25.1 Å². The molecule has 3 rings (SSSR count). The number of amides is 2. The molecule has 30 heavy (non-hydrogen) atoms. The van der Waals surface area contributed by atoms with E-state index >= 15 is 0 Å². The maximum Gasteiger partial charge on any atom is 0.240 e. The van der Waals surface area contributed by atoms with Crippen molar-refractivity contribution in [2.45, 2.75) is 37.6 Å². The van der Waals surface area contributed by atoms with Gasteiger partial charge in [-0.15, -0.1) is 0 Å². The minimum Gasteiger partial charge on any atom is -0.326 e. The Kier molecular flexibility index (Phi) is 6.44. The van der Waals surface area contributed by atoms with Crippen LogP contribution in [0.25, 0.3) is 0 Å². The molecule has 160 valence electrons. The first-order chi connectivity index (χ1) is 14.1. The van der Waals surface area contributed by atoms with Gasteiger partial charge in [0.25, 0.3) is 0 Å². The molecule has 0 spiro atoms. The molecule has 0 aliphatic carbocycles. The zero-order valence-electron chi connectivity index (χ0n) is 16.4. The molecule has 0 radical (unpaired) electrons. The molecule has 0 fully saturated rings. The fraction of sp³-hybridized carbons (Fsp3) is 0.300. The molecule has 1 atom stereocenters. The van der Waals surface area contributed by atoms with Gasteiger partial charge in [-0.3, -0.25) is 9.59 Å². The number of carbonyl (C=O) groups is 2. The van der Waals surface area contributed by atoms with Gasteiger partial charge in [0.05, 0.1) is 9.92 Å². The van der Waals surface area contributed by atoms with Crippen LogP contribution in [0.3, 0.4) is 0 Å². The number of fused-ring (bicyclic) bond motifs is 1. The summed E-state index contributed by atoms with van der Waals surface area (Å²) in [6.45, 7) is 3.26. The fourth-order valence-corrected chi connectivity index (χ4v) is 4.70. The van der Waals surface area contributed by atoms with Crippen LogP contribution >= 0.6 is 11.6 Å².